The van der Waals surface area contributed by atoms with Gasteiger partial charge in [0, 0.05) is 42.3 Å². The van der Waals surface area contributed by atoms with E-state index >= 15 is 0 Å². The molecule has 4 nitrogen and oxygen atoms in total. The summed E-state index contributed by atoms with van der Waals surface area (Å²) in [4.78, 5) is 18.0. The smallest absolute Gasteiger partial charge is 0.235 e. The van der Waals surface area contributed by atoms with E-state index in [4.69, 9.17) is 16.3 Å². The Morgan fingerprint density at radius 1 is 1.19 bits per heavy atom. The highest BCUT2D eigenvalue weighted by molar-refractivity contribution is 8.00. The number of thioether (sulfide) groups is 1. The molecule has 3 rings (SSSR count). The summed E-state index contributed by atoms with van der Waals surface area (Å²) in [7, 11) is 1.87. The fourth-order valence-corrected chi connectivity index (χ4v) is 4.28. The summed E-state index contributed by atoms with van der Waals surface area (Å²) >= 11 is 7.49. The lowest BCUT2D eigenvalue weighted by molar-refractivity contribution is -0.129. The number of nitrogens with zero attached hydrogens (tertiary/aromatic N) is 2. The number of carbonyl (C=O) groups excluding carboxylic acids is 1. The normalized spacial score (nSPS) is 15.4. The zero-order valence-corrected chi connectivity index (χ0v) is 17.3. The molecule has 144 valence electrons. The van der Waals surface area contributed by atoms with Crippen molar-refractivity contribution >= 4 is 35.0 Å². The van der Waals surface area contributed by atoms with E-state index < -0.39 is 0 Å². The molecule has 6 heteroatoms. The molecular weight excluding hydrogens is 380 g/mol. The van der Waals surface area contributed by atoms with Crippen molar-refractivity contribution in [3.8, 4) is 0 Å². The van der Waals surface area contributed by atoms with Gasteiger partial charge in [0.2, 0.25) is 5.91 Å². The van der Waals surface area contributed by atoms with Gasteiger partial charge in [0.25, 0.3) is 0 Å². The third-order valence-electron chi connectivity index (χ3n) is 4.60. The largest absolute Gasteiger partial charge is 0.378 e. The van der Waals surface area contributed by atoms with Crippen LogP contribution in [-0.4, -0.2) is 49.4 Å². The number of rotatable bonds is 6. The second-order valence-corrected chi connectivity index (χ2v) is 8.49. The number of carbonyl (C=O) groups is 1. The van der Waals surface area contributed by atoms with Crippen LogP contribution in [0.4, 0.5) is 5.69 Å². The number of amides is 1. The third-order valence-corrected chi connectivity index (χ3v) is 5.95. The maximum Gasteiger partial charge on any atom is 0.235 e. The van der Waals surface area contributed by atoms with Crippen molar-refractivity contribution < 1.29 is 9.53 Å². The predicted octanol–water partition coefficient (Wildman–Crippen LogP) is 4.32. The van der Waals surface area contributed by atoms with Crippen molar-refractivity contribution in [1.29, 1.82) is 0 Å². The van der Waals surface area contributed by atoms with Crippen molar-refractivity contribution in [3.63, 3.8) is 0 Å². The van der Waals surface area contributed by atoms with Crippen LogP contribution >= 0.6 is 23.4 Å². The van der Waals surface area contributed by atoms with Crippen LogP contribution in [0.1, 0.15) is 12.5 Å². The maximum absolute atomic E-state index is 12.9. The molecule has 27 heavy (non-hydrogen) atoms. The molecule has 2 aromatic rings. The minimum Gasteiger partial charge on any atom is -0.378 e. The highest BCUT2D eigenvalue weighted by Gasteiger charge is 2.21. The highest BCUT2D eigenvalue weighted by Crippen LogP contribution is 2.27. The fraction of sp³-hybridized carbons (Fsp3) is 0.381. The molecule has 0 radical (unpaired) electrons. The zero-order valence-electron chi connectivity index (χ0n) is 15.7. The van der Waals surface area contributed by atoms with Crippen LogP contribution in [-0.2, 0) is 16.1 Å². The van der Waals surface area contributed by atoms with Gasteiger partial charge in [-0.3, -0.25) is 4.79 Å². The first kappa shape index (κ1) is 20.1. The summed E-state index contributed by atoms with van der Waals surface area (Å²) in [6.07, 6.45) is 0. The molecule has 1 heterocycles. The highest BCUT2D eigenvalue weighted by atomic mass is 35.5. The van der Waals surface area contributed by atoms with Gasteiger partial charge >= 0.3 is 0 Å². The molecule has 0 spiro atoms. The monoisotopic (exact) mass is 404 g/mol. The number of halogens is 1. The van der Waals surface area contributed by atoms with E-state index in [-0.39, 0.29) is 11.2 Å². The minimum absolute atomic E-state index is 0.117. The molecule has 0 saturated carbocycles. The lowest BCUT2D eigenvalue weighted by Gasteiger charge is -2.31. The molecule has 0 bridgehead atoms. The predicted molar refractivity (Wildman–Crippen MR) is 113 cm³/mol. The Kier molecular flexibility index (Phi) is 7.05. The Bertz CT molecular complexity index is 763. The van der Waals surface area contributed by atoms with Crippen LogP contribution in [0.25, 0.3) is 0 Å². The number of benzene rings is 2. The summed E-state index contributed by atoms with van der Waals surface area (Å²) < 4.78 is 5.46. The van der Waals surface area contributed by atoms with E-state index in [9.17, 15) is 4.79 Å². The van der Waals surface area contributed by atoms with Crippen LogP contribution < -0.4 is 4.90 Å². The lowest BCUT2D eigenvalue weighted by Crippen LogP contribution is -2.38. The Morgan fingerprint density at radius 2 is 1.85 bits per heavy atom. The molecule has 0 unspecified atom stereocenters. The first-order chi connectivity index (χ1) is 13.0. The quantitative estimate of drug-likeness (QED) is 0.671. The van der Waals surface area contributed by atoms with Crippen molar-refractivity contribution in [2.45, 2.75) is 23.6 Å². The molecule has 0 aromatic heterocycles. The van der Waals surface area contributed by atoms with Gasteiger partial charge in [-0.2, -0.15) is 0 Å². The molecule has 1 aliphatic heterocycles. The molecule has 0 aliphatic carbocycles. The van der Waals surface area contributed by atoms with Crippen LogP contribution in [0, 0.1) is 0 Å². The number of ether oxygens (including phenoxy) is 1. The van der Waals surface area contributed by atoms with Gasteiger partial charge in [-0.05, 0) is 42.8 Å². The summed E-state index contributed by atoms with van der Waals surface area (Å²) in [5.41, 5.74) is 2.36. The molecule has 1 saturated heterocycles. The Balaban J connectivity index is 1.64. The van der Waals surface area contributed by atoms with Gasteiger partial charge in [0.15, 0.2) is 0 Å². The van der Waals surface area contributed by atoms with E-state index in [0.717, 1.165) is 31.2 Å². The second-order valence-electron chi connectivity index (χ2n) is 6.64. The van der Waals surface area contributed by atoms with E-state index in [1.807, 2.05) is 49.2 Å². The van der Waals surface area contributed by atoms with Gasteiger partial charge in [-0.15, -0.1) is 11.8 Å². The minimum atomic E-state index is -0.160. The maximum atomic E-state index is 12.9. The van der Waals surface area contributed by atoms with E-state index in [1.54, 1.807) is 11.8 Å². The first-order valence-electron chi connectivity index (χ1n) is 9.12. The van der Waals surface area contributed by atoms with Crippen LogP contribution in [0.3, 0.4) is 0 Å². The summed E-state index contributed by atoms with van der Waals surface area (Å²) in [6.45, 7) is 5.81. The fourth-order valence-electron chi connectivity index (χ4n) is 3.17. The Morgan fingerprint density at radius 3 is 2.56 bits per heavy atom. The van der Waals surface area contributed by atoms with Crippen LogP contribution in [0.5, 0.6) is 0 Å². The van der Waals surface area contributed by atoms with Crippen molar-refractivity contribution in [3.05, 3.63) is 59.1 Å². The molecule has 1 atom stereocenters. The van der Waals surface area contributed by atoms with E-state index in [2.05, 4.69) is 23.1 Å². The van der Waals surface area contributed by atoms with Crippen LogP contribution in [0.2, 0.25) is 5.02 Å². The zero-order chi connectivity index (χ0) is 19.2. The average molecular weight is 405 g/mol. The van der Waals surface area contributed by atoms with Crippen molar-refractivity contribution in [2.75, 3.05) is 38.3 Å². The van der Waals surface area contributed by atoms with Crippen molar-refractivity contribution in [1.82, 2.24) is 4.90 Å². The molecule has 0 N–H and O–H groups in total. The van der Waals surface area contributed by atoms with Gasteiger partial charge in [0.1, 0.15) is 0 Å². The summed E-state index contributed by atoms with van der Waals surface area (Å²) in [5.74, 6) is 0.117. The van der Waals surface area contributed by atoms with E-state index in [1.165, 1.54) is 11.3 Å². The molecule has 1 amide bonds. The molecule has 2 aromatic carbocycles. The summed E-state index contributed by atoms with van der Waals surface area (Å²) in [6, 6.07) is 15.9. The Hall–Kier alpha value is -1.69. The SMILES string of the molecule is C[C@H](Sc1ccc(Cl)cc1)C(=O)N(C)Cc1ccccc1N1CCOCC1. The van der Waals surface area contributed by atoms with Crippen LogP contribution in [0.15, 0.2) is 53.4 Å². The standard InChI is InChI=1S/C21H25ClN2O2S/c1-16(27-19-9-7-18(22)8-10-19)21(25)23(2)15-17-5-3-4-6-20(17)24-11-13-26-14-12-24/h3-10,16H,11-15H2,1-2H3/t16-/m0/s1. The van der Waals surface area contributed by atoms with Crippen molar-refractivity contribution in [2.24, 2.45) is 0 Å². The third kappa shape index (κ3) is 5.41. The molecule has 1 fully saturated rings. The van der Waals surface area contributed by atoms with Gasteiger partial charge in [-0.1, -0.05) is 29.8 Å². The number of hydrogen-bond donors (Lipinski definition) is 0. The lowest BCUT2D eigenvalue weighted by atomic mass is 10.1. The topological polar surface area (TPSA) is 32.8 Å². The second kappa shape index (κ2) is 9.49. The number of anilines is 1. The summed E-state index contributed by atoms with van der Waals surface area (Å²) in [5, 5.41) is 0.543. The van der Waals surface area contributed by atoms with Gasteiger partial charge in [0.05, 0.1) is 18.5 Å². The first-order valence-corrected chi connectivity index (χ1v) is 10.4. The molecule has 1 aliphatic rings. The van der Waals surface area contributed by atoms with E-state index in [0.29, 0.717) is 11.6 Å². The number of hydrogen-bond acceptors (Lipinski definition) is 4. The van der Waals surface area contributed by atoms with Gasteiger partial charge in [-0.25, -0.2) is 0 Å². The molecular formula is C21H25ClN2O2S. The van der Waals surface area contributed by atoms with Gasteiger partial charge < -0.3 is 14.5 Å². The average Bonchev–Trinajstić information content (AvgIpc) is 2.70. The number of para-hydroxylation sites is 1. The Labute approximate surface area is 170 Å². The number of morpholine rings is 1.